The van der Waals surface area contributed by atoms with Crippen LogP contribution in [0.15, 0.2) is 0 Å². The van der Waals surface area contributed by atoms with E-state index in [0.29, 0.717) is 11.7 Å². The van der Waals surface area contributed by atoms with Gasteiger partial charge in [-0.2, -0.15) is 0 Å². The fourth-order valence-corrected chi connectivity index (χ4v) is 3.79. The zero-order valence-corrected chi connectivity index (χ0v) is 10.5. The Morgan fingerprint density at radius 2 is 1.94 bits per heavy atom. The van der Waals surface area contributed by atoms with E-state index in [1.807, 2.05) is 0 Å². The molecule has 92 valence electrons. The van der Waals surface area contributed by atoms with Crippen LogP contribution in [0.3, 0.4) is 0 Å². The quantitative estimate of drug-likeness (QED) is 0.794. The summed E-state index contributed by atoms with van der Waals surface area (Å²) in [4.78, 5) is 0. The summed E-state index contributed by atoms with van der Waals surface area (Å²) in [5.74, 6) is 0.947. The zero-order chi connectivity index (χ0) is 11.0. The predicted octanol–water partition coefficient (Wildman–Crippen LogP) is 2.87. The second-order valence-corrected chi connectivity index (χ2v) is 6.35. The molecule has 2 aliphatic carbocycles. The second kappa shape index (κ2) is 4.30. The first-order valence-corrected chi connectivity index (χ1v) is 7.17. The number of hydrogen-bond donors (Lipinski definition) is 1. The van der Waals surface area contributed by atoms with E-state index in [1.54, 1.807) is 0 Å². The SMILES string of the molecule is CC1CC(NCC2CCC3(CCCC3)O2)C1. The molecule has 3 aliphatic rings. The van der Waals surface area contributed by atoms with Crippen LogP contribution in [0.4, 0.5) is 0 Å². The lowest BCUT2D eigenvalue weighted by molar-refractivity contribution is -0.0371. The minimum atomic E-state index is 0.319. The number of nitrogens with one attached hydrogen (secondary N) is 1. The highest BCUT2D eigenvalue weighted by molar-refractivity contribution is 4.94. The fourth-order valence-electron chi connectivity index (χ4n) is 3.79. The summed E-state index contributed by atoms with van der Waals surface area (Å²) in [7, 11) is 0. The van der Waals surface area contributed by atoms with Crippen LogP contribution >= 0.6 is 0 Å². The molecule has 0 aromatic rings. The lowest BCUT2D eigenvalue weighted by Crippen LogP contribution is -2.43. The van der Waals surface area contributed by atoms with Crippen molar-refractivity contribution in [1.29, 1.82) is 0 Å². The van der Waals surface area contributed by atoms with Crippen LogP contribution in [-0.4, -0.2) is 24.3 Å². The van der Waals surface area contributed by atoms with Crippen molar-refractivity contribution >= 4 is 0 Å². The van der Waals surface area contributed by atoms with Crippen LogP contribution in [0.25, 0.3) is 0 Å². The molecule has 0 aromatic heterocycles. The van der Waals surface area contributed by atoms with Gasteiger partial charge in [0, 0.05) is 12.6 Å². The third kappa shape index (κ3) is 2.14. The van der Waals surface area contributed by atoms with Crippen molar-refractivity contribution < 1.29 is 4.74 Å². The largest absolute Gasteiger partial charge is 0.370 e. The Labute approximate surface area is 99.1 Å². The van der Waals surface area contributed by atoms with Crippen LogP contribution in [0, 0.1) is 5.92 Å². The van der Waals surface area contributed by atoms with Gasteiger partial charge in [0.15, 0.2) is 0 Å². The highest BCUT2D eigenvalue weighted by atomic mass is 16.5. The van der Waals surface area contributed by atoms with Gasteiger partial charge in [0.05, 0.1) is 11.7 Å². The van der Waals surface area contributed by atoms with Gasteiger partial charge in [0.2, 0.25) is 0 Å². The van der Waals surface area contributed by atoms with E-state index in [-0.39, 0.29) is 0 Å². The predicted molar refractivity (Wildman–Crippen MR) is 65.5 cm³/mol. The number of hydrogen-bond acceptors (Lipinski definition) is 2. The van der Waals surface area contributed by atoms with E-state index in [4.69, 9.17) is 4.74 Å². The monoisotopic (exact) mass is 223 g/mol. The minimum absolute atomic E-state index is 0.319. The maximum absolute atomic E-state index is 6.29. The first-order chi connectivity index (χ1) is 7.76. The molecule has 1 heterocycles. The van der Waals surface area contributed by atoms with Crippen molar-refractivity contribution in [1.82, 2.24) is 5.32 Å². The van der Waals surface area contributed by atoms with Gasteiger partial charge in [-0.15, -0.1) is 0 Å². The first kappa shape index (κ1) is 11.0. The summed E-state index contributed by atoms with van der Waals surface area (Å²) in [5, 5.41) is 3.67. The Hall–Kier alpha value is -0.0800. The van der Waals surface area contributed by atoms with Gasteiger partial charge < -0.3 is 10.1 Å². The third-order valence-electron chi connectivity index (χ3n) is 4.86. The van der Waals surface area contributed by atoms with E-state index in [0.717, 1.165) is 18.5 Å². The van der Waals surface area contributed by atoms with Gasteiger partial charge in [-0.3, -0.25) is 0 Å². The molecule has 3 fully saturated rings. The molecular formula is C14H25NO. The molecule has 0 aromatic carbocycles. The summed E-state index contributed by atoms with van der Waals surface area (Å²) in [6.45, 7) is 3.44. The van der Waals surface area contributed by atoms with Crippen molar-refractivity contribution in [3.63, 3.8) is 0 Å². The molecule has 2 nitrogen and oxygen atoms in total. The van der Waals surface area contributed by atoms with E-state index in [9.17, 15) is 0 Å². The average Bonchev–Trinajstić information content (AvgIpc) is 2.83. The topological polar surface area (TPSA) is 21.3 Å². The summed E-state index contributed by atoms with van der Waals surface area (Å²) in [6.07, 6.45) is 11.3. The van der Waals surface area contributed by atoms with Crippen molar-refractivity contribution in [2.75, 3.05) is 6.54 Å². The van der Waals surface area contributed by atoms with E-state index < -0.39 is 0 Å². The van der Waals surface area contributed by atoms with Crippen LogP contribution in [0.1, 0.15) is 58.3 Å². The van der Waals surface area contributed by atoms with E-state index in [2.05, 4.69) is 12.2 Å². The lowest BCUT2D eigenvalue weighted by Gasteiger charge is -2.34. The smallest absolute Gasteiger partial charge is 0.0708 e. The zero-order valence-electron chi connectivity index (χ0n) is 10.5. The Morgan fingerprint density at radius 3 is 2.62 bits per heavy atom. The third-order valence-corrected chi connectivity index (χ3v) is 4.86. The molecular weight excluding hydrogens is 198 g/mol. The molecule has 0 bridgehead atoms. The van der Waals surface area contributed by atoms with Crippen molar-refractivity contribution in [2.24, 2.45) is 5.92 Å². The molecule has 16 heavy (non-hydrogen) atoms. The van der Waals surface area contributed by atoms with Crippen molar-refractivity contribution in [3.8, 4) is 0 Å². The highest BCUT2D eigenvalue weighted by Gasteiger charge is 2.42. The summed E-state index contributed by atoms with van der Waals surface area (Å²) in [6, 6.07) is 0.790. The van der Waals surface area contributed by atoms with Crippen molar-refractivity contribution in [2.45, 2.75) is 76.0 Å². The highest BCUT2D eigenvalue weighted by Crippen LogP contribution is 2.43. The van der Waals surface area contributed by atoms with Gasteiger partial charge in [-0.1, -0.05) is 19.8 Å². The van der Waals surface area contributed by atoms with Crippen LogP contribution < -0.4 is 5.32 Å². The molecule has 1 spiro atoms. The van der Waals surface area contributed by atoms with Gasteiger partial charge in [-0.05, 0) is 44.4 Å². The number of ether oxygens (including phenoxy) is 1. The molecule has 1 saturated heterocycles. The minimum Gasteiger partial charge on any atom is -0.370 e. The number of rotatable bonds is 3. The van der Waals surface area contributed by atoms with E-state index >= 15 is 0 Å². The van der Waals surface area contributed by atoms with Gasteiger partial charge in [0.1, 0.15) is 0 Å². The van der Waals surface area contributed by atoms with Crippen LogP contribution in [-0.2, 0) is 4.74 Å². The van der Waals surface area contributed by atoms with Gasteiger partial charge >= 0.3 is 0 Å². The van der Waals surface area contributed by atoms with Crippen LogP contribution in [0.2, 0.25) is 0 Å². The standard InChI is InChI=1S/C14H25NO/c1-11-8-12(9-11)15-10-13-4-7-14(16-13)5-2-3-6-14/h11-13,15H,2-10H2,1H3. The molecule has 1 atom stereocenters. The molecule has 0 amide bonds. The summed E-state index contributed by atoms with van der Waals surface area (Å²) < 4.78 is 6.29. The Bertz CT molecular complexity index is 241. The van der Waals surface area contributed by atoms with Crippen molar-refractivity contribution in [3.05, 3.63) is 0 Å². The fraction of sp³-hybridized carbons (Fsp3) is 1.00. The summed E-state index contributed by atoms with van der Waals surface area (Å²) >= 11 is 0. The Kier molecular flexibility index (Phi) is 2.97. The molecule has 0 radical (unpaired) electrons. The van der Waals surface area contributed by atoms with Crippen LogP contribution in [0.5, 0.6) is 0 Å². The molecule has 3 rings (SSSR count). The second-order valence-electron chi connectivity index (χ2n) is 6.35. The maximum atomic E-state index is 6.29. The average molecular weight is 223 g/mol. The maximum Gasteiger partial charge on any atom is 0.0708 e. The van der Waals surface area contributed by atoms with Gasteiger partial charge in [-0.25, -0.2) is 0 Å². The molecule has 1 aliphatic heterocycles. The summed E-state index contributed by atoms with van der Waals surface area (Å²) in [5.41, 5.74) is 0.319. The molecule has 1 N–H and O–H groups in total. The normalized spacial score (nSPS) is 41.4. The molecule has 2 heteroatoms. The van der Waals surface area contributed by atoms with E-state index in [1.165, 1.54) is 51.4 Å². The Morgan fingerprint density at radius 1 is 1.19 bits per heavy atom. The Balaban J connectivity index is 1.40. The molecule has 2 saturated carbocycles. The first-order valence-electron chi connectivity index (χ1n) is 7.17. The molecule has 1 unspecified atom stereocenters. The van der Waals surface area contributed by atoms with Gasteiger partial charge in [0.25, 0.3) is 0 Å². The lowest BCUT2D eigenvalue weighted by atomic mass is 9.82.